The Labute approximate surface area is 174 Å². The molecule has 1 aliphatic carbocycles. The second-order valence-corrected chi connectivity index (χ2v) is 7.00. The number of nitrogens with zero attached hydrogens (tertiary/aromatic N) is 1. The molecule has 0 bridgehead atoms. The highest BCUT2D eigenvalue weighted by molar-refractivity contribution is 5.81. The molecule has 0 aliphatic heterocycles. The van der Waals surface area contributed by atoms with Gasteiger partial charge in [0.2, 0.25) is 0 Å². The topological polar surface area (TPSA) is 109 Å². The Bertz CT molecular complexity index is 1030. The zero-order valence-electron chi connectivity index (χ0n) is 16.9. The molecule has 0 saturated carbocycles. The van der Waals surface area contributed by atoms with Crippen molar-refractivity contribution in [1.29, 1.82) is 0 Å². The van der Waals surface area contributed by atoms with Crippen molar-refractivity contribution >= 4 is 11.5 Å². The van der Waals surface area contributed by atoms with Crippen LogP contribution in [0.25, 0.3) is 11.3 Å². The highest BCUT2D eigenvalue weighted by Gasteiger charge is 2.27. The highest BCUT2D eigenvalue weighted by atomic mass is 16.5. The summed E-state index contributed by atoms with van der Waals surface area (Å²) in [5.41, 5.74) is 4.96. The summed E-state index contributed by atoms with van der Waals surface area (Å²) in [6.45, 7) is 2.19. The van der Waals surface area contributed by atoms with Crippen LogP contribution in [0.4, 0.5) is 11.5 Å². The van der Waals surface area contributed by atoms with Crippen LogP contribution in [0.2, 0.25) is 0 Å². The zero-order valence-corrected chi connectivity index (χ0v) is 16.9. The minimum absolute atomic E-state index is 0.0124. The van der Waals surface area contributed by atoms with Crippen molar-refractivity contribution in [1.82, 2.24) is 10.2 Å². The maximum absolute atomic E-state index is 9.57. The Morgan fingerprint density at radius 1 is 1.20 bits per heavy atom. The van der Waals surface area contributed by atoms with Crippen molar-refractivity contribution in [2.75, 3.05) is 32.2 Å². The summed E-state index contributed by atoms with van der Waals surface area (Å²) in [6, 6.07) is 11.6. The number of aliphatic hydroxyl groups excluding tert-OH is 2. The van der Waals surface area contributed by atoms with E-state index >= 15 is 0 Å². The second-order valence-electron chi connectivity index (χ2n) is 7.00. The predicted octanol–water partition coefficient (Wildman–Crippen LogP) is 2.86. The van der Waals surface area contributed by atoms with Gasteiger partial charge in [-0.15, -0.1) is 0 Å². The SMILES string of the molecule is CCOc1cccc(Nc2n[nH]c3c2Cc2cc(OCC(O)CO)c(OC)cc2-3)c1. The number of aromatic nitrogens is 2. The average Bonchev–Trinajstić information content (AvgIpc) is 3.31. The van der Waals surface area contributed by atoms with Gasteiger partial charge in [0.05, 0.1) is 26.0 Å². The van der Waals surface area contributed by atoms with E-state index in [1.54, 1.807) is 7.11 Å². The molecule has 30 heavy (non-hydrogen) atoms. The van der Waals surface area contributed by atoms with Crippen molar-refractivity contribution in [2.45, 2.75) is 19.4 Å². The first kappa shape index (κ1) is 20.1. The summed E-state index contributed by atoms with van der Waals surface area (Å²) in [6.07, 6.45) is -0.263. The van der Waals surface area contributed by atoms with Crippen molar-refractivity contribution in [3.05, 3.63) is 47.5 Å². The lowest BCUT2D eigenvalue weighted by atomic mass is 10.1. The molecule has 3 aromatic rings. The number of ether oxygens (including phenoxy) is 3. The van der Waals surface area contributed by atoms with Crippen LogP contribution >= 0.6 is 0 Å². The highest BCUT2D eigenvalue weighted by Crippen LogP contribution is 2.44. The Hall–Kier alpha value is -3.23. The molecule has 4 rings (SSSR count). The third kappa shape index (κ3) is 3.92. The van der Waals surface area contributed by atoms with Gasteiger partial charge in [0.25, 0.3) is 0 Å². The number of rotatable bonds is 9. The van der Waals surface area contributed by atoms with Gasteiger partial charge in [0.15, 0.2) is 17.3 Å². The third-order valence-electron chi connectivity index (χ3n) is 4.94. The maximum atomic E-state index is 9.57. The van der Waals surface area contributed by atoms with Crippen LogP contribution in [-0.4, -0.2) is 53.4 Å². The number of nitrogens with one attached hydrogen (secondary N) is 2. The quantitative estimate of drug-likeness (QED) is 0.335. The first-order valence-electron chi connectivity index (χ1n) is 9.83. The molecule has 0 radical (unpaired) electrons. The monoisotopic (exact) mass is 411 g/mol. The number of fused-ring (bicyclic) bond motifs is 3. The number of hydrogen-bond donors (Lipinski definition) is 4. The summed E-state index contributed by atoms with van der Waals surface area (Å²) >= 11 is 0. The first-order chi connectivity index (χ1) is 14.6. The second kappa shape index (κ2) is 8.64. The molecule has 4 N–H and O–H groups in total. The molecule has 1 atom stereocenters. The average molecular weight is 411 g/mol. The van der Waals surface area contributed by atoms with E-state index in [4.69, 9.17) is 19.3 Å². The van der Waals surface area contributed by atoms with Crippen LogP contribution in [-0.2, 0) is 6.42 Å². The minimum atomic E-state index is -0.942. The van der Waals surface area contributed by atoms with E-state index in [2.05, 4.69) is 15.5 Å². The lowest BCUT2D eigenvalue weighted by Crippen LogP contribution is -2.21. The molecule has 1 unspecified atom stereocenters. The van der Waals surface area contributed by atoms with Crippen LogP contribution in [0, 0.1) is 0 Å². The van der Waals surface area contributed by atoms with Gasteiger partial charge < -0.3 is 29.7 Å². The normalized spacial score (nSPS) is 12.8. The Morgan fingerprint density at radius 2 is 2.07 bits per heavy atom. The summed E-state index contributed by atoms with van der Waals surface area (Å²) in [5.74, 6) is 2.64. The van der Waals surface area contributed by atoms with E-state index in [0.717, 1.165) is 39.6 Å². The smallest absolute Gasteiger partial charge is 0.161 e. The molecule has 0 fully saturated rings. The van der Waals surface area contributed by atoms with Crippen molar-refractivity contribution in [2.24, 2.45) is 0 Å². The molecule has 158 valence electrons. The first-order valence-corrected chi connectivity index (χ1v) is 9.83. The zero-order chi connectivity index (χ0) is 21.1. The van der Waals surface area contributed by atoms with Gasteiger partial charge in [-0.25, -0.2) is 0 Å². The van der Waals surface area contributed by atoms with Crippen LogP contribution in [0.1, 0.15) is 18.1 Å². The van der Waals surface area contributed by atoms with Gasteiger partial charge in [0, 0.05) is 29.3 Å². The fraction of sp³-hybridized carbons (Fsp3) is 0.318. The van der Waals surface area contributed by atoms with Crippen molar-refractivity contribution in [3.63, 3.8) is 0 Å². The Morgan fingerprint density at radius 3 is 2.83 bits per heavy atom. The molecule has 0 saturated heterocycles. The molecule has 8 heteroatoms. The number of anilines is 2. The molecule has 8 nitrogen and oxygen atoms in total. The summed E-state index contributed by atoms with van der Waals surface area (Å²) < 4.78 is 16.7. The lowest BCUT2D eigenvalue weighted by Gasteiger charge is -2.14. The lowest BCUT2D eigenvalue weighted by molar-refractivity contribution is 0.0527. The van der Waals surface area contributed by atoms with E-state index in [1.165, 1.54) is 0 Å². The van der Waals surface area contributed by atoms with Crippen LogP contribution < -0.4 is 19.5 Å². The fourth-order valence-electron chi connectivity index (χ4n) is 3.51. The predicted molar refractivity (Wildman–Crippen MR) is 113 cm³/mol. The Kier molecular flexibility index (Phi) is 5.78. The molecule has 1 aromatic heterocycles. The summed E-state index contributed by atoms with van der Waals surface area (Å²) in [5, 5.41) is 29.5. The molecule has 1 heterocycles. The van der Waals surface area contributed by atoms with Crippen molar-refractivity contribution < 1.29 is 24.4 Å². The maximum Gasteiger partial charge on any atom is 0.161 e. The number of benzene rings is 2. The molecule has 0 amide bonds. The minimum Gasteiger partial charge on any atom is -0.494 e. The van der Waals surface area contributed by atoms with Gasteiger partial charge >= 0.3 is 0 Å². The standard InChI is InChI=1S/C22H25N3O5/c1-3-29-16-6-4-5-14(9-16)23-22-18-7-13-8-20(30-12-15(27)11-26)19(28-2)10-17(13)21(18)24-25-22/h4-6,8-10,15,26-27H,3,7,11-12H2,1-2H3,(H2,23,24,25). The number of aliphatic hydroxyl groups is 2. The van der Waals surface area contributed by atoms with Gasteiger partial charge in [-0.2, -0.15) is 5.10 Å². The number of H-pyrrole nitrogens is 1. The van der Waals surface area contributed by atoms with Gasteiger partial charge in [-0.1, -0.05) is 6.07 Å². The van der Waals surface area contributed by atoms with Crippen LogP contribution in [0.3, 0.4) is 0 Å². The van der Waals surface area contributed by atoms with E-state index in [9.17, 15) is 5.11 Å². The molecule has 2 aromatic carbocycles. The van der Waals surface area contributed by atoms with Crippen molar-refractivity contribution in [3.8, 4) is 28.5 Å². The fourth-order valence-corrected chi connectivity index (χ4v) is 3.51. The van der Waals surface area contributed by atoms with Gasteiger partial charge in [0.1, 0.15) is 18.5 Å². The summed E-state index contributed by atoms with van der Waals surface area (Å²) in [7, 11) is 1.57. The Balaban J connectivity index is 1.58. The number of hydrogen-bond acceptors (Lipinski definition) is 7. The van der Waals surface area contributed by atoms with E-state index in [0.29, 0.717) is 24.5 Å². The number of methoxy groups -OCH3 is 1. The molecule has 0 spiro atoms. The van der Waals surface area contributed by atoms with Crippen LogP contribution in [0.5, 0.6) is 17.2 Å². The van der Waals surface area contributed by atoms with Gasteiger partial charge in [-0.3, -0.25) is 5.10 Å². The van der Waals surface area contributed by atoms with Crippen LogP contribution in [0.15, 0.2) is 36.4 Å². The van der Waals surface area contributed by atoms with Gasteiger partial charge in [-0.05, 0) is 36.8 Å². The van der Waals surface area contributed by atoms with E-state index < -0.39 is 6.10 Å². The molecular weight excluding hydrogens is 386 g/mol. The van der Waals surface area contributed by atoms with E-state index in [1.807, 2.05) is 43.3 Å². The number of aromatic amines is 1. The molecular formula is C22H25N3O5. The third-order valence-corrected chi connectivity index (χ3v) is 4.94. The van der Waals surface area contributed by atoms with E-state index in [-0.39, 0.29) is 13.2 Å². The summed E-state index contributed by atoms with van der Waals surface area (Å²) in [4.78, 5) is 0. The molecule has 1 aliphatic rings. The largest absolute Gasteiger partial charge is 0.494 e.